The number of pyridine rings is 1. The number of hydrogen-bond acceptors (Lipinski definition) is 3. The first kappa shape index (κ1) is 10.8. The van der Waals surface area contributed by atoms with Crippen LogP contribution in [0.4, 0.5) is 0 Å². The summed E-state index contributed by atoms with van der Waals surface area (Å²) in [5.41, 5.74) is 1.37. The van der Waals surface area contributed by atoms with Crippen molar-refractivity contribution in [1.29, 1.82) is 5.41 Å². The van der Waals surface area contributed by atoms with Crippen LogP contribution in [0, 0.1) is 5.41 Å². The van der Waals surface area contributed by atoms with Crippen LogP contribution in [0.25, 0.3) is 0 Å². The summed E-state index contributed by atoms with van der Waals surface area (Å²) in [6.07, 6.45) is 6.02. The van der Waals surface area contributed by atoms with Crippen LogP contribution >= 0.6 is 11.6 Å². The Morgan fingerprint density at radius 2 is 2.19 bits per heavy atom. The van der Waals surface area contributed by atoms with Crippen molar-refractivity contribution in [3.63, 3.8) is 0 Å². The number of nitrogens with one attached hydrogen (secondary N) is 1. The molecule has 0 bridgehead atoms. The third kappa shape index (κ3) is 2.67. The molecule has 2 aromatic heterocycles. The van der Waals surface area contributed by atoms with Crippen LogP contribution in [0.5, 0.6) is 0 Å². The van der Waals surface area contributed by atoms with Crippen LogP contribution in [0.1, 0.15) is 5.56 Å². The molecule has 0 unspecified atom stereocenters. The highest BCUT2D eigenvalue weighted by Crippen LogP contribution is 2.06. The van der Waals surface area contributed by atoms with Gasteiger partial charge in [-0.3, -0.25) is 5.41 Å². The van der Waals surface area contributed by atoms with Gasteiger partial charge in [-0.25, -0.2) is 9.97 Å². The van der Waals surface area contributed by atoms with Gasteiger partial charge >= 0.3 is 0 Å². The summed E-state index contributed by atoms with van der Waals surface area (Å²) in [5, 5.41) is 8.08. The average Bonchev–Trinajstić information content (AvgIpc) is 2.30. The molecule has 0 spiro atoms. The first-order valence-corrected chi connectivity index (χ1v) is 5.30. The minimum Gasteiger partial charge on any atom is -0.317 e. The molecule has 0 fully saturated rings. The van der Waals surface area contributed by atoms with Gasteiger partial charge in [-0.2, -0.15) is 0 Å². The lowest BCUT2D eigenvalue weighted by molar-refractivity contribution is 0.626. The van der Waals surface area contributed by atoms with Crippen LogP contribution in [0.3, 0.4) is 0 Å². The maximum absolute atomic E-state index is 7.59. The molecule has 0 saturated carbocycles. The molecular weight excluding hydrogens is 224 g/mol. The SMILES string of the molecule is N=c1ncccn1CCc1ccc(Cl)nc1. The van der Waals surface area contributed by atoms with Gasteiger partial charge in [-0.1, -0.05) is 17.7 Å². The molecule has 0 saturated heterocycles. The second-order valence-corrected chi connectivity index (χ2v) is 3.76. The van der Waals surface area contributed by atoms with Crippen LogP contribution in [0.2, 0.25) is 5.15 Å². The van der Waals surface area contributed by atoms with E-state index in [0.717, 1.165) is 18.5 Å². The Balaban J connectivity index is 2.05. The van der Waals surface area contributed by atoms with Gasteiger partial charge in [0.05, 0.1) is 0 Å². The van der Waals surface area contributed by atoms with Crippen molar-refractivity contribution in [2.24, 2.45) is 0 Å². The molecule has 4 nitrogen and oxygen atoms in total. The highest BCUT2D eigenvalue weighted by molar-refractivity contribution is 6.29. The number of aromatic nitrogens is 3. The molecule has 82 valence electrons. The number of rotatable bonds is 3. The summed E-state index contributed by atoms with van der Waals surface area (Å²) >= 11 is 5.70. The van der Waals surface area contributed by atoms with Crippen molar-refractivity contribution in [3.05, 3.63) is 53.1 Å². The predicted octanol–water partition coefficient (Wildman–Crippen LogP) is 1.65. The molecule has 0 radical (unpaired) electrons. The quantitative estimate of drug-likeness (QED) is 0.822. The van der Waals surface area contributed by atoms with E-state index in [1.165, 1.54) is 0 Å². The van der Waals surface area contributed by atoms with Crippen LogP contribution in [-0.2, 0) is 13.0 Å². The predicted molar refractivity (Wildman–Crippen MR) is 61.0 cm³/mol. The Morgan fingerprint density at radius 3 is 2.88 bits per heavy atom. The van der Waals surface area contributed by atoms with Crippen molar-refractivity contribution in [1.82, 2.24) is 14.5 Å². The Kier molecular flexibility index (Phi) is 3.31. The highest BCUT2D eigenvalue weighted by Gasteiger charge is 1.96. The van der Waals surface area contributed by atoms with Crippen molar-refractivity contribution in [3.8, 4) is 0 Å². The minimum atomic E-state index is 0.268. The van der Waals surface area contributed by atoms with E-state index >= 15 is 0 Å². The summed E-state index contributed by atoms with van der Waals surface area (Å²) in [5.74, 6) is 0. The van der Waals surface area contributed by atoms with Gasteiger partial charge < -0.3 is 4.57 Å². The third-order valence-electron chi connectivity index (χ3n) is 2.25. The van der Waals surface area contributed by atoms with Crippen molar-refractivity contribution < 1.29 is 0 Å². The summed E-state index contributed by atoms with van der Waals surface area (Å²) in [7, 11) is 0. The van der Waals surface area contributed by atoms with Gasteiger partial charge in [0, 0.05) is 25.1 Å². The topological polar surface area (TPSA) is 54.6 Å². The molecule has 2 aromatic rings. The first-order chi connectivity index (χ1) is 7.75. The summed E-state index contributed by atoms with van der Waals surface area (Å²) in [6, 6.07) is 5.53. The lowest BCUT2D eigenvalue weighted by Crippen LogP contribution is -2.22. The van der Waals surface area contributed by atoms with Crippen molar-refractivity contribution >= 4 is 11.6 Å². The summed E-state index contributed by atoms with van der Waals surface area (Å²) in [6.45, 7) is 0.718. The first-order valence-electron chi connectivity index (χ1n) is 4.92. The van der Waals surface area contributed by atoms with E-state index < -0.39 is 0 Å². The highest BCUT2D eigenvalue weighted by atomic mass is 35.5. The molecule has 1 N–H and O–H groups in total. The maximum atomic E-state index is 7.59. The fourth-order valence-electron chi connectivity index (χ4n) is 1.39. The lowest BCUT2D eigenvalue weighted by atomic mass is 10.2. The molecule has 0 aromatic carbocycles. The van der Waals surface area contributed by atoms with Crippen LogP contribution < -0.4 is 5.62 Å². The van der Waals surface area contributed by atoms with Gasteiger partial charge in [-0.05, 0) is 24.1 Å². The van der Waals surface area contributed by atoms with Gasteiger partial charge in [-0.15, -0.1) is 0 Å². The fourth-order valence-corrected chi connectivity index (χ4v) is 1.50. The van der Waals surface area contributed by atoms with Gasteiger partial charge in [0.25, 0.3) is 0 Å². The zero-order valence-electron chi connectivity index (χ0n) is 8.60. The molecule has 2 rings (SSSR count). The minimum absolute atomic E-state index is 0.268. The molecule has 0 aliphatic heterocycles. The van der Waals surface area contributed by atoms with Crippen molar-refractivity contribution in [2.75, 3.05) is 0 Å². The zero-order valence-corrected chi connectivity index (χ0v) is 9.35. The Morgan fingerprint density at radius 1 is 1.31 bits per heavy atom. The monoisotopic (exact) mass is 234 g/mol. The number of hydrogen-bond donors (Lipinski definition) is 1. The smallest absolute Gasteiger partial charge is 0.221 e. The second-order valence-electron chi connectivity index (χ2n) is 3.38. The Labute approximate surface area is 98.1 Å². The van der Waals surface area contributed by atoms with E-state index in [1.807, 2.05) is 18.3 Å². The molecule has 0 aliphatic rings. The molecule has 2 heterocycles. The van der Waals surface area contributed by atoms with Crippen molar-refractivity contribution in [2.45, 2.75) is 13.0 Å². The number of aryl methyl sites for hydroxylation is 2. The van der Waals surface area contributed by atoms with E-state index in [0.29, 0.717) is 5.15 Å². The van der Waals surface area contributed by atoms with Gasteiger partial charge in [0.2, 0.25) is 5.62 Å². The largest absolute Gasteiger partial charge is 0.317 e. The van der Waals surface area contributed by atoms with E-state index in [9.17, 15) is 0 Å². The van der Waals surface area contributed by atoms with Crippen LogP contribution in [0.15, 0.2) is 36.8 Å². The lowest BCUT2D eigenvalue weighted by Gasteiger charge is -2.05. The van der Waals surface area contributed by atoms with Crippen LogP contribution in [-0.4, -0.2) is 14.5 Å². The van der Waals surface area contributed by atoms with E-state index in [2.05, 4.69) is 9.97 Å². The fraction of sp³-hybridized carbons (Fsp3) is 0.182. The van der Waals surface area contributed by atoms with Gasteiger partial charge in [0.15, 0.2) is 0 Å². The average molecular weight is 235 g/mol. The molecule has 16 heavy (non-hydrogen) atoms. The molecular formula is C11H11ClN4. The Bertz CT molecular complexity index is 518. The van der Waals surface area contributed by atoms with E-state index in [1.54, 1.807) is 23.0 Å². The summed E-state index contributed by atoms with van der Waals surface area (Å²) in [4.78, 5) is 7.91. The molecule has 0 aliphatic carbocycles. The Hall–Kier alpha value is -1.68. The third-order valence-corrected chi connectivity index (χ3v) is 2.47. The van der Waals surface area contributed by atoms with E-state index in [-0.39, 0.29) is 5.62 Å². The molecule has 0 atom stereocenters. The normalized spacial score (nSPS) is 10.3. The second kappa shape index (κ2) is 4.90. The number of nitrogens with zero attached hydrogens (tertiary/aromatic N) is 3. The van der Waals surface area contributed by atoms with E-state index in [4.69, 9.17) is 17.0 Å². The summed E-state index contributed by atoms with van der Waals surface area (Å²) < 4.78 is 1.79. The maximum Gasteiger partial charge on any atom is 0.221 e. The number of halogens is 1. The zero-order chi connectivity index (χ0) is 11.4. The molecule has 0 amide bonds. The molecule has 5 heteroatoms. The van der Waals surface area contributed by atoms with Gasteiger partial charge in [0.1, 0.15) is 5.15 Å². The standard InChI is InChI=1S/C11H11ClN4/c12-10-3-2-9(8-15-10)4-7-16-6-1-5-14-11(16)13/h1-3,5-6,8,13H,4,7H2.